The molecule has 0 saturated carbocycles. The van der Waals surface area contributed by atoms with Crippen molar-refractivity contribution in [1.82, 2.24) is 4.90 Å². The van der Waals surface area contributed by atoms with Crippen molar-refractivity contribution < 1.29 is 14.3 Å². The topological polar surface area (TPSA) is 70.4 Å². The minimum atomic E-state index is -0.990. The van der Waals surface area contributed by atoms with E-state index in [-0.39, 0.29) is 23.2 Å². The number of carbonyl (C=O) groups excluding carboxylic acids is 2. The molecule has 1 heterocycles. The van der Waals surface area contributed by atoms with Crippen LogP contribution in [0.2, 0.25) is 0 Å². The number of allylic oxidation sites excluding steroid dienone is 1. The molecule has 1 amide bonds. The van der Waals surface area contributed by atoms with Gasteiger partial charge >= 0.3 is 0 Å². The Kier molecular flexibility index (Phi) is 4.72. The molecule has 2 atom stereocenters. The lowest BCUT2D eigenvalue weighted by molar-refractivity contribution is -0.149. The van der Waals surface area contributed by atoms with E-state index in [2.05, 4.69) is 0 Å². The Morgan fingerprint density at radius 3 is 2.58 bits per heavy atom. The molecule has 2 aliphatic rings. The molecule has 1 saturated heterocycles. The molecule has 1 aliphatic carbocycles. The fraction of sp³-hybridized carbons (Fsp3) is 0.476. The highest BCUT2D eigenvalue weighted by Crippen LogP contribution is 2.53. The first-order chi connectivity index (χ1) is 12.4. The van der Waals surface area contributed by atoms with E-state index in [1.54, 1.807) is 18.1 Å². The molecule has 136 valence electrons. The van der Waals surface area contributed by atoms with Crippen molar-refractivity contribution in [2.45, 2.75) is 25.7 Å². The highest BCUT2D eigenvalue weighted by Gasteiger charge is 2.60. The number of benzene rings is 1. The summed E-state index contributed by atoms with van der Waals surface area (Å²) in [6.45, 7) is 5.27. The molecule has 3 rings (SSSR count). The van der Waals surface area contributed by atoms with Gasteiger partial charge in [-0.1, -0.05) is 44.2 Å². The van der Waals surface area contributed by atoms with Crippen molar-refractivity contribution in [2.75, 3.05) is 26.8 Å². The molecule has 1 aliphatic heterocycles. The average Bonchev–Trinajstić information content (AvgIpc) is 2.65. The van der Waals surface area contributed by atoms with E-state index in [1.165, 1.54) is 0 Å². The van der Waals surface area contributed by atoms with E-state index >= 15 is 0 Å². The van der Waals surface area contributed by atoms with Gasteiger partial charge in [-0.2, -0.15) is 5.26 Å². The van der Waals surface area contributed by atoms with Crippen molar-refractivity contribution >= 4 is 11.7 Å². The largest absolute Gasteiger partial charge is 0.383 e. The van der Waals surface area contributed by atoms with Crippen LogP contribution in [-0.4, -0.2) is 43.4 Å². The molecular weight excluding hydrogens is 328 g/mol. The lowest BCUT2D eigenvalue weighted by Crippen LogP contribution is -2.62. The second-order valence-corrected chi connectivity index (χ2v) is 7.58. The molecule has 0 unspecified atom stereocenters. The zero-order valence-corrected chi connectivity index (χ0v) is 15.5. The van der Waals surface area contributed by atoms with E-state index < -0.39 is 10.8 Å². The highest BCUT2D eigenvalue weighted by molar-refractivity contribution is 6.08. The normalized spacial score (nSPS) is 27.5. The predicted octanol–water partition coefficient (Wildman–Crippen LogP) is 2.48. The van der Waals surface area contributed by atoms with Crippen LogP contribution in [0, 0.1) is 22.7 Å². The summed E-state index contributed by atoms with van der Waals surface area (Å²) in [4.78, 5) is 28.3. The number of carbonyl (C=O) groups is 2. The van der Waals surface area contributed by atoms with E-state index in [1.807, 2.05) is 50.2 Å². The van der Waals surface area contributed by atoms with Gasteiger partial charge in [0.1, 0.15) is 6.07 Å². The van der Waals surface area contributed by atoms with Gasteiger partial charge in [-0.05, 0) is 24.0 Å². The number of piperidine rings is 1. The molecule has 0 spiro atoms. The van der Waals surface area contributed by atoms with Crippen molar-refractivity contribution in [3.63, 3.8) is 0 Å². The molecular formula is C21H24N2O3. The standard InChI is InChI=1S/C21H24N2O3/c1-20(2)17-9-10-23(11-12-26-3)19(25)21(17,13-15(14-22)18(20)24)16-7-5-4-6-8-16/h4-8,13,17H,9-12H2,1-3H3/t17-,21+/m1/s1. The molecule has 5 nitrogen and oxygen atoms in total. The first-order valence-corrected chi connectivity index (χ1v) is 8.91. The summed E-state index contributed by atoms with van der Waals surface area (Å²) in [5.74, 6) is -0.409. The van der Waals surface area contributed by atoms with Gasteiger partial charge in [-0.15, -0.1) is 0 Å². The quantitative estimate of drug-likeness (QED) is 0.835. The van der Waals surface area contributed by atoms with E-state index in [4.69, 9.17) is 4.74 Å². The maximum absolute atomic E-state index is 13.6. The predicted molar refractivity (Wildman–Crippen MR) is 97.2 cm³/mol. The van der Waals surface area contributed by atoms with Crippen LogP contribution in [0.3, 0.4) is 0 Å². The smallest absolute Gasteiger partial charge is 0.237 e. The molecule has 1 aromatic rings. The number of fused-ring (bicyclic) bond motifs is 1. The third-order valence-corrected chi connectivity index (χ3v) is 5.89. The summed E-state index contributed by atoms with van der Waals surface area (Å²) >= 11 is 0. The number of Topliss-reactive ketones (excluding diaryl/α,β-unsaturated/α-hetero) is 1. The van der Waals surface area contributed by atoms with Crippen LogP contribution in [0.25, 0.3) is 0 Å². The van der Waals surface area contributed by atoms with Gasteiger partial charge in [0.25, 0.3) is 0 Å². The Hall–Kier alpha value is -2.45. The van der Waals surface area contributed by atoms with Crippen LogP contribution < -0.4 is 0 Å². The summed E-state index contributed by atoms with van der Waals surface area (Å²) < 4.78 is 5.15. The van der Waals surface area contributed by atoms with Gasteiger partial charge in [-0.3, -0.25) is 9.59 Å². The fourth-order valence-electron chi connectivity index (χ4n) is 4.54. The second-order valence-electron chi connectivity index (χ2n) is 7.58. The molecule has 1 aromatic carbocycles. The maximum Gasteiger partial charge on any atom is 0.237 e. The Balaban J connectivity index is 2.23. The summed E-state index contributed by atoms with van der Waals surface area (Å²) in [6.07, 6.45) is 2.33. The zero-order chi connectivity index (χ0) is 18.9. The van der Waals surface area contributed by atoms with Crippen LogP contribution in [0.4, 0.5) is 0 Å². The van der Waals surface area contributed by atoms with Crippen LogP contribution in [0.1, 0.15) is 25.8 Å². The summed E-state index contributed by atoms with van der Waals surface area (Å²) in [5, 5.41) is 9.55. The van der Waals surface area contributed by atoms with Gasteiger partial charge in [0, 0.05) is 25.6 Å². The van der Waals surface area contributed by atoms with Crippen LogP contribution in [0.5, 0.6) is 0 Å². The minimum Gasteiger partial charge on any atom is -0.383 e. The number of ketones is 1. The van der Waals surface area contributed by atoms with Crippen LogP contribution in [0.15, 0.2) is 42.0 Å². The number of hydrogen-bond donors (Lipinski definition) is 0. The number of methoxy groups -OCH3 is 1. The van der Waals surface area contributed by atoms with E-state index in [0.29, 0.717) is 26.1 Å². The number of nitrogens with zero attached hydrogens (tertiary/aromatic N) is 2. The van der Waals surface area contributed by atoms with Crippen molar-refractivity contribution in [3.8, 4) is 6.07 Å². The lowest BCUT2D eigenvalue weighted by Gasteiger charge is -2.53. The Bertz CT molecular complexity index is 791. The van der Waals surface area contributed by atoms with E-state index in [0.717, 1.165) is 5.56 Å². The maximum atomic E-state index is 13.6. The van der Waals surface area contributed by atoms with Crippen molar-refractivity contribution in [1.29, 1.82) is 5.26 Å². The summed E-state index contributed by atoms with van der Waals surface area (Å²) in [7, 11) is 1.61. The first-order valence-electron chi connectivity index (χ1n) is 8.91. The first kappa shape index (κ1) is 18.3. The minimum absolute atomic E-state index is 0.0506. The third kappa shape index (κ3) is 2.57. The molecule has 0 radical (unpaired) electrons. The Labute approximate surface area is 154 Å². The molecule has 0 N–H and O–H groups in total. The number of amides is 1. The van der Waals surface area contributed by atoms with Gasteiger partial charge in [0.15, 0.2) is 5.78 Å². The Morgan fingerprint density at radius 2 is 1.96 bits per heavy atom. The average molecular weight is 352 g/mol. The number of likely N-dealkylation sites (tertiary alicyclic amines) is 1. The number of ether oxygens (including phenoxy) is 1. The fourth-order valence-corrected chi connectivity index (χ4v) is 4.54. The van der Waals surface area contributed by atoms with Crippen molar-refractivity contribution in [2.24, 2.45) is 11.3 Å². The molecule has 0 aromatic heterocycles. The van der Waals surface area contributed by atoms with Crippen LogP contribution >= 0.6 is 0 Å². The third-order valence-electron chi connectivity index (χ3n) is 5.89. The highest BCUT2D eigenvalue weighted by atomic mass is 16.5. The molecule has 0 bridgehead atoms. The number of nitriles is 1. The zero-order valence-electron chi connectivity index (χ0n) is 15.5. The lowest BCUT2D eigenvalue weighted by atomic mass is 9.52. The second kappa shape index (κ2) is 6.69. The van der Waals surface area contributed by atoms with Gasteiger partial charge in [0.2, 0.25) is 5.91 Å². The molecule has 26 heavy (non-hydrogen) atoms. The van der Waals surface area contributed by atoms with Gasteiger partial charge in [-0.25, -0.2) is 0 Å². The van der Waals surface area contributed by atoms with Gasteiger partial charge < -0.3 is 9.64 Å². The summed E-state index contributed by atoms with van der Waals surface area (Å²) in [5.41, 5.74) is -0.850. The number of rotatable bonds is 4. The number of hydrogen-bond acceptors (Lipinski definition) is 4. The van der Waals surface area contributed by atoms with Gasteiger partial charge in [0.05, 0.1) is 17.6 Å². The van der Waals surface area contributed by atoms with E-state index in [9.17, 15) is 14.9 Å². The van der Waals surface area contributed by atoms with Crippen LogP contribution in [-0.2, 0) is 19.7 Å². The molecule has 1 fully saturated rings. The SMILES string of the molecule is COCCN1CC[C@@H]2C(C)(C)C(=O)C(C#N)=C[C@@]2(c2ccccc2)C1=O. The monoisotopic (exact) mass is 352 g/mol. The summed E-state index contributed by atoms with van der Waals surface area (Å²) in [6, 6.07) is 11.6. The Morgan fingerprint density at radius 1 is 1.27 bits per heavy atom. The van der Waals surface area contributed by atoms with Crippen molar-refractivity contribution in [3.05, 3.63) is 47.5 Å². The molecule has 5 heteroatoms.